The number of hydrogen-bond donors (Lipinski definition) is 0. The lowest BCUT2D eigenvalue weighted by Crippen LogP contribution is -2.25. The number of aromatic nitrogens is 1. The molecule has 0 aromatic carbocycles. The number of hydrogen-bond acceptors (Lipinski definition) is 3. The first-order valence-corrected chi connectivity index (χ1v) is 7.18. The lowest BCUT2D eigenvalue weighted by atomic mass is 10.1. The molecule has 104 valence electrons. The minimum absolute atomic E-state index is 0.455. The normalized spacial score (nSPS) is 20.4. The fourth-order valence-electron chi connectivity index (χ4n) is 2.91. The summed E-state index contributed by atoms with van der Waals surface area (Å²) in [5.74, 6) is 0.927. The maximum atomic E-state index is 5.37. The summed E-state index contributed by atoms with van der Waals surface area (Å²) in [5, 5.41) is 0. The highest BCUT2D eigenvalue weighted by atomic mass is 16.3. The average molecular weight is 268 g/mol. The third-order valence-corrected chi connectivity index (χ3v) is 3.78. The van der Waals surface area contributed by atoms with Crippen molar-refractivity contribution >= 4 is 6.08 Å². The van der Waals surface area contributed by atoms with Gasteiger partial charge in [-0.3, -0.25) is 9.88 Å². The molecule has 1 aliphatic rings. The average Bonchev–Trinajstić information content (AvgIpc) is 3.11. The molecule has 3 heteroatoms. The third kappa shape index (κ3) is 2.99. The van der Waals surface area contributed by atoms with Crippen LogP contribution >= 0.6 is 0 Å². The standard InChI is InChI=1S/C17H20N2O/c1-14(12-15-6-5-11-20-15)13-19-10-4-8-17(19)16-7-2-3-9-18-16/h2-3,5-7,9,11-12,17H,4,8,10,13H2,1H3/b14-12+. The Hall–Kier alpha value is -1.87. The molecule has 3 rings (SSSR count). The topological polar surface area (TPSA) is 29.3 Å². The van der Waals surface area contributed by atoms with Crippen LogP contribution in [0.5, 0.6) is 0 Å². The van der Waals surface area contributed by atoms with Crippen LogP contribution in [-0.4, -0.2) is 23.0 Å². The Labute approximate surface area is 119 Å². The molecule has 1 saturated heterocycles. The maximum Gasteiger partial charge on any atom is 0.126 e. The molecular weight excluding hydrogens is 248 g/mol. The van der Waals surface area contributed by atoms with Crippen molar-refractivity contribution in [3.63, 3.8) is 0 Å². The van der Waals surface area contributed by atoms with Crippen molar-refractivity contribution in [3.05, 3.63) is 59.8 Å². The predicted octanol–water partition coefficient (Wildman–Crippen LogP) is 3.92. The number of rotatable bonds is 4. The van der Waals surface area contributed by atoms with Crippen LogP contribution < -0.4 is 0 Å². The molecular formula is C17H20N2O. The summed E-state index contributed by atoms with van der Waals surface area (Å²) in [6.07, 6.45) is 8.16. The van der Waals surface area contributed by atoms with Crippen molar-refractivity contribution in [2.24, 2.45) is 0 Å². The largest absolute Gasteiger partial charge is 0.465 e. The molecule has 1 aliphatic heterocycles. The van der Waals surface area contributed by atoms with E-state index in [-0.39, 0.29) is 0 Å². The molecule has 3 nitrogen and oxygen atoms in total. The highest BCUT2D eigenvalue weighted by molar-refractivity contribution is 5.46. The van der Waals surface area contributed by atoms with Gasteiger partial charge in [0.15, 0.2) is 0 Å². The summed E-state index contributed by atoms with van der Waals surface area (Å²) in [6, 6.07) is 10.6. The zero-order chi connectivity index (χ0) is 13.8. The molecule has 1 unspecified atom stereocenters. The second-order valence-corrected chi connectivity index (χ2v) is 5.39. The van der Waals surface area contributed by atoms with Crippen LogP contribution in [0.4, 0.5) is 0 Å². The van der Waals surface area contributed by atoms with Gasteiger partial charge < -0.3 is 4.42 Å². The Morgan fingerprint density at radius 1 is 1.40 bits per heavy atom. The van der Waals surface area contributed by atoms with Gasteiger partial charge in [0.2, 0.25) is 0 Å². The van der Waals surface area contributed by atoms with Crippen molar-refractivity contribution in [3.8, 4) is 0 Å². The first-order chi connectivity index (χ1) is 9.83. The SMILES string of the molecule is C/C(=C\c1ccco1)CN1CCCC1c1ccccn1. The second-order valence-electron chi connectivity index (χ2n) is 5.39. The Balaban J connectivity index is 1.70. The summed E-state index contributed by atoms with van der Waals surface area (Å²) in [5.41, 5.74) is 2.51. The molecule has 0 saturated carbocycles. The Morgan fingerprint density at radius 2 is 2.35 bits per heavy atom. The molecule has 1 atom stereocenters. The van der Waals surface area contributed by atoms with E-state index in [1.165, 1.54) is 24.1 Å². The number of furan rings is 1. The summed E-state index contributed by atoms with van der Waals surface area (Å²) >= 11 is 0. The van der Waals surface area contributed by atoms with Crippen LogP contribution in [0.2, 0.25) is 0 Å². The van der Waals surface area contributed by atoms with E-state index >= 15 is 0 Å². The van der Waals surface area contributed by atoms with Gasteiger partial charge >= 0.3 is 0 Å². The molecule has 3 heterocycles. The molecule has 2 aromatic heterocycles. The zero-order valence-electron chi connectivity index (χ0n) is 11.8. The van der Waals surface area contributed by atoms with Gasteiger partial charge in [-0.1, -0.05) is 11.6 Å². The van der Waals surface area contributed by atoms with Gasteiger partial charge in [0.1, 0.15) is 5.76 Å². The van der Waals surface area contributed by atoms with Gasteiger partial charge in [-0.15, -0.1) is 0 Å². The molecule has 0 N–H and O–H groups in total. The lowest BCUT2D eigenvalue weighted by Gasteiger charge is -2.24. The van der Waals surface area contributed by atoms with Crippen molar-refractivity contribution < 1.29 is 4.42 Å². The minimum atomic E-state index is 0.455. The quantitative estimate of drug-likeness (QED) is 0.841. The van der Waals surface area contributed by atoms with Crippen LogP contribution in [0.15, 0.2) is 52.8 Å². The smallest absolute Gasteiger partial charge is 0.126 e. The summed E-state index contributed by atoms with van der Waals surface area (Å²) in [6.45, 7) is 4.28. The lowest BCUT2D eigenvalue weighted by molar-refractivity contribution is 0.275. The molecule has 0 amide bonds. The third-order valence-electron chi connectivity index (χ3n) is 3.78. The van der Waals surface area contributed by atoms with Gasteiger partial charge in [0.25, 0.3) is 0 Å². The number of likely N-dealkylation sites (tertiary alicyclic amines) is 1. The van der Waals surface area contributed by atoms with E-state index in [9.17, 15) is 0 Å². The molecule has 0 radical (unpaired) electrons. The van der Waals surface area contributed by atoms with Gasteiger partial charge in [-0.2, -0.15) is 0 Å². The monoisotopic (exact) mass is 268 g/mol. The van der Waals surface area contributed by atoms with Crippen LogP contribution in [0.3, 0.4) is 0 Å². The Morgan fingerprint density at radius 3 is 3.10 bits per heavy atom. The highest BCUT2D eigenvalue weighted by Gasteiger charge is 2.26. The molecule has 0 aliphatic carbocycles. The van der Waals surface area contributed by atoms with Gasteiger partial charge in [0, 0.05) is 12.7 Å². The molecule has 20 heavy (non-hydrogen) atoms. The van der Waals surface area contributed by atoms with E-state index in [0.717, 1.165) is 18.8 Å². The molecule has 2 aromatic rings. The zero-order valence-corrected chi connectivity index (χ0v) is 11.8. The van der Waals surface area contributed by atoms with E-state index < -0.39 is 0 Å². The fraction of sp³-hybridized carbons (Fsp3) is 0.353. The van der Waals surface area contributed by atoms with E-state index in [1.54, 1.807) is 6.26 Å². The Bertz CT molecular complexity index is 560. The van der Waals surface area contributed by atoms with Crippen LogP contribution in [-0.2, 0) is 0 Å². The number of pyridine rings is 1. The van der Waals surface area contributed by atoms with Crippen molar-refractivity contribution in [2.75, 3.05) is 13.1 Å². The predicted molar refractivity (Wildman–Crippen MR) is 80.1 cm³/mol. The summed E-state index contributed by atoms with van der Waals surface area (Å²) in [4.78, 5) is 7.03. The fourth-order valence-corrected chi connectivity index (χ4v) is 2.91. The first-order valence-electron chi connectivity index (χ1n) is 7.18. The highest BCUT2D eigenvalue weighted by Crippen LogP contribution is 2.31. The minimum Gasteiger partial charge on any atom is -0.465 e. The van der Waals surface area contributed by atoms with E-state index in [1.807, 2.05) is 24.4 Å². The van der Waals surface area contributed by atoms with Crippen molar-refractivity contribution in [1.82, 2.24) is 9.88 Å². The van der Waals surface area contributed by atoms with Crippen LogP contribution in [0.25, 0.3) is 6.08 Å². The molecule has 0 spiro atoms. The Kier molecular flexibility index (Phi) is 3.97. The number of nitrogens with zero attached hydrogens (tertiary/aromatic N) is 2. The van der Waals surface area contributed by atoms with Gasteiger partial charge in [-0.25, -0.2) is 0 Å². The van der Waals surface area contributed by atoms with Gasteiger partial charge in [0.05, 0.1) is 18.0 Å². The second kappa shape index (κ2) is 6.06. The van der Waals surface area contributed by atoms with Crippen molar-refractivity contribution in [2.45, 2.75) is 25.8 Å². The van der Waals surface area contributed by atoms with Gasteiger partial charge in [-0.05, 0) is 56.7 Å². The van der Waals surface area contributed by atoms with Crippen LogP contribution in [0, 0.1) is 0 Å². The summed E-state index contributed by atoms with van der Waals surface area (Å²) in [7, 11) is 0. The molecule has 0 bridgehead atoms. The maximum absolute atomic E-state index is 5.37. The van der Waals surface area contributed by atoms with E-state index in [4.69, 9.17) is 4.42 Å². The van der Waals surface area contributed by atoms with E-state index in [2.05, 4.69) is 35.0 Å². The van der Waals surface area contributed by atoms with Crippen molar-refractivity contribution in [1.29, 1.82) is 0 Å². The summed E-state index contributed by atoms with van der Waals surface area (Å²) < 4.78 is 5.37. The molecule has 1 fully saturated rings. The van der Waals surface area contributed by atoms with E-state index in [0.29, 0.717) is 6.04 Å². The first kappa shape index (κ1) is 13.1. The van der Waals surface area contributed by atoms with Crippen LogP contribution in [0.1, 0.15) is 37.3 Å².